The van der Waals surface area contributed by atoms with E-state index >= 15 is 0 Å². The van der Waals surface area contributed by atoms with Crippen LogP contribution < -0.4 is 5.32 Å². The predicted octanol–water partition coefficient (Wildman–Crippen LogP) is 3.36. The summed E-state index contributed by atoms with van der Waals surface area (Å²) in [5.41, 5.74) is 0. The Bertz CT molecular complexity index is 117. The van der Waals surface area contributed by atoms with Gasteiger partial charge in [0.2, 0.25) is 0 Å². The van der Waals surface area contributed by atoms with Crippen molar-refractivity contribution in [3.05, 3.63) is 0 Å². The Morgan fingerprint density at radius 3 is 2.40 bits per heavy atom. The van der Waals surface area contributed by atoms with Gasteiger partial charge in [-0.1, -0.05) is 33.1 Å². The van der Waals surface area contributed by atoms with Crippen LogP contribution in [-0.2, 0) is 4.74 Å². The number of hydrogen-bond donors (Lipinski definition) is 1. The first-order valence-corrected chi connectivity index (χ1v) is 6.62. The third kappa shape index (κ3) is 11.8. The largest absolute Gasteiger partial charge is 0.381 e. The second-order valence-corrected chi connectivity index (χ2v) is 4.27. The molecule has 0 aliphatic heterocycles. The summed E-state index contributed by atoms with van der Waals surface area (Å²) < 4.78 is 5.58. The quantitative estimate of drug-likeness (QED) is 0.534. The molecule has 1 unspecified atom stereocenters. The van der Waals surface area contributed by atoms with Crippen LogP contribution in [-0.4, -0.2) is 25.8 Å². The molecule has 0 radical (unpaired) electrons. The molecule has 0 amide bonds. The standard InChI is InChI=1S/C13H29NO/c1-4-6-7-8-11-15-12-9-10-13(3)14-5-2/h13-14H,4-12H2,1-3H3. The Morgan fingerprint density at radius 2 is 1.73 bits per heavy atom. The third-order valence-electron chi connectivity index (χ3n) is 2.62. The van der Waals surface area contributed by atoms with Crippen LogP contribution in [0.15, 0.2) is 0 Å². The van der Waals surface area contributed by atoms with E-state index in [1.807, 2.05) is 0 Å². The molecule has 0 aliphatic carbocycles. The van der Waals surface area contributed by atoms with Gasteiger partial charge < -0.3 is 10.1 Å². The van der Waals surface area contributed by atoms with Crippen LogP contribution >= 0.6 is 0 Å². The highest BCUT2D eigenvalue weighted by atomic mass is 16.5. The highest BCUT2D eigenvalue weighted by Crippen LogP contribution is 2.00. The summed E-state index contributed by atoms with van der Waals surface area (Å²) in [6, 6.07) is 0.638. The molecule has 92 valence electrons. The number of nitrogens with one attached hydrogen (secondary N) is 1. The molecular weight excluding hydrogens is 186 g/mol. The molecule has 0 heterocycles. The zero-order valence-corrected chi connectivity index (χ0v) is 10.8. The van der Waals surface area contributed by atoms with Crippen LogP contribution in [0.25, 0.3) is 0 Å². The van der Waals surface area contributed by atoms with Gasteiger partial charge in [-0.25, -0.2) is 0 Å². The second-order valence-electron chi connectivity index (χ2n) is 4.27. The van der Waals surface area contributed by atoms with E-state index in [1.54, 1.807) is 0 Å². The van der Waals surface area contributed by atoms with E-state index in [4.69, 9.17) is 4.74 Å². The molecule has 0 aromatic heterocycles. The molecule has 0 saturated heterocycles. The van der Waals surface area contributed by atoms with E-state index in [0.717, 1.165) is 19.8 Å². The molecule has 0 bridgehead atoms. The van der Waals surface area contributed by atoms with Crippen LogP contribution in [0.1, 0.15) is 59.3 Å². The highest BCUT2D eigenvalue weighted by molar-refractivity contribution is 4.58. The molecular formula is C13H29NO. The first-order chi connectivity index (χ1) is 7.31. The highest BCUT2D eigenvalue weighted by Gasteiger charge is 1.98. The molecule has 2 heteroatoms. The van der Waals surface area contributed by atoms with Crippen molar-refractivity contribution < 1.29 is 4.74 Å². The normalized spacial score (nSPS) is 13.0. The minimum Gasteiger partial charge on any atom is -0.381 e. The van der Waals surface area contributed by atoms with Crippen molar-refractivity contribution in [1.29, 1.82) is 0 Å². The van der Waals surface area contributed by atoms with Crippen LogP contribution in [0.5, 0.6) is 0 Å². The van der Waals surface area contributed by atoms with E-state index in [9.17, 15) is 0 Å². The molecule has 2 nitrogen and oxygen atoms in total. The number of rotatable bonds is 11. The summed E-state index contributed by atoms with van der Waals surface area (Å²) in [6.07, 6.45) is 7.62. The fourth-order valence-electron chi connectivity index (χ4n) is 1.68. The van der Waals surface area contributed by atoms with E-state index in [1.165, 1.54) is 38.5 Å². The summed E-state index contributed by atoms with van der Waals surface area (Å²) >= 11 is 0. The van der Waals surface area contributed by atoms with Crippen LogP contribution in [0.2, 0.25) is 0 Å². The summed E-state index contributed by atoms with van der Waals surface area (Å²) in [5, 5.41) is 3.41. The van der Waals surface area contributed by atoms with Gasteiger partial charge in [-0.3, -0.25) is 0 Å². The van der Waals surface area contributed by atoms with Crippen molar-refractivity contribution in [3.8, 4) is 0 Å². The van der Waals surface area contributed by atoms with Gasteiger partial charge in [0.1, 0.15) is 0 Å². The maximum absolute atomic E-state index is 5.58. The Balaban J connectivity index is 2.98. The molecule has 1 atom stereocenters. The minimum absolute atomic E-state index is 0.638. The molecule has 0 fully saturated rings. The maximum Gasteiger partial charge on any atom is 0.0466 e. The molecule has 0 aromatic rings. The van der Waals surface area contributed by atoms with Crippen molar-refractivity contribution >= 4 is 0 Å². The van der Waals surface area contributed by atoms with Crippen molar-refractivity contribution in [1.82, 2.24) is 5.32 Å². The number of hydrogen-bond acceptors (Lipinski definition) is 2. The van der Waals surface area contributed by atoms with Gasteiger partial charge in [-0.2, -0.15) is 0 Å². The lowest BCUT2D eigenvalue weighted by Gasteiger charge is -2.11. The average Bonchev–Trinajstić information content (AvgIpc) is 2.22. The topological polar surface area (TPSA) is 21.3 Å². The number of unbranched alkanes of at least 4 members (excludes halogenated alkanes) is 3. The van der Waals surface area contributed by atoms with Crippen LogP contribution in [0.3, 0.4) is 0 Å². The van der Waals surface area contributed by atoms with Crippen LogP contribution in [0, 0.1) is 0 Å². The summed E-state index contributed by atoms with van der Waals surface area (Å²) in [6.45, 7) is 9.59. The van der Waals surface area contributed by atoms with Gasteiger partial charge in [-0.15, -0.1) is 0 Å². The lowest BCUT2D eigenvalue weighted by atomic mass is 10.2. The lowest BCUT2D eigenvalue weighted by molar-refractivity contribution is 0.124. The first-order valence-electron chi connectivity index (χ1n) is 6.62. The Morgan fingerprint density at radius 1 is 1.00 bits per heavy atom. The lowest BCUT2D eigenvalue weighted by Crippen LogP contribution is -2.25. The molecule has 0 rings (SSSR count). The minimum atomic E-state index is 0.638. The molecule has 15 heavy (non-hydrogen) atoms. The average molecular weight is 215 g/mol. The fraction of sp³-hybridized carbons (Fsp3) is 1.00. The summed E-state index contributed by atoms with van der Waals surface area (Å²) in [4.78, 5) is 0. The monoisotopic (exact) mass is 215 g/mol. The zero-order chi connectivity index (χ0) is 11.4. The van der Waals surface area contributed by atoms with Gasteiger partial charge in [0.15, 0.2) is 0 Å². The maximum atomic E-state index is 5.58. The SMILES string of the molecule is CCCCCCOCCCC(C)NCC. The second kappa shape index (κ2) is 12.0. The van der Waals surface area contributed by atoms with E-state index in [0.29, 0.717) is 6.04 Å². The smallest absolute Gasteiger partial charge is 0.0466 e. The Hall–Kier alpha value is -0.0800. The van der Waals surface area contributed by atoms with Crippen molar-refractivity contribution in [3.63, 3.8) is 0 Å². The predicted molar refractivity (Wildman–Crippen MR) is 67.3 cm³/mol. The number of ether oxygens (including phenoxy) is 1. The van der Waals surface area contributed by atoms with E-state index in [-0.39, 0.29) is 0 Å². The summed E-state index contributed by atoms with van der Waals surface area (Å²) in [5.74, 6) is 0. The molecule has 0 spiro atoms. The molecule has 0 saturated carbocycles. The summed E-state index contributed by atoms with van der Waals surface area (Å²) in [7, 11) is 0. The Kier molecular flexibility index (Phi) is 11.9. The van der Waals surface area contributed by atoms with E-state index < -0.39 is 0 Å². The third-order valence-corrected chi connectivity index (χ3v) is 2.62. The molecule has 0 aromatic carbocycles. The van der Waals surface area contributed by atoms with Gasteiger partial charge >= 0.3 is 0 Å². The van der Waals surface area contributed by atoms with Crippen LogP contribution in [0.4, 0.5) is 0 Å². The Labute approximate surface area is 95.8 Å². The van der Waals surface area contributed by atoms with Gasteiger partial charge in [-0.05, 0) is 32.7 Å². The van der Waals surface area contributed by atoms with E-state index in [2.05, 4.69) is 26.1 Å². The van der Waals surface area contributed by atoms with Crippen molar-refractivity contribution in [2.45, 2.75) is 65.3 Å². The van der Waals surface area contributed by atoms with Crippen molar-refractivity contribution in [2.24, 2.45) is 0 Å². The fourth-order valence-corrected chi connectivity index (χ4v) is 1.68. The first kappa shape index (κ1) is 14.9. The molecule has 1 N–H and O–H groups in total. The zero-order valence-electron chi connectivity index (χ0n) is 10.8. The molecule has 0 aliphatic rings. The van der Waals surface area contributed by atoms with Gasteiger partial charge in [0.05, 0.1) is 0 Å². The van der Waals surface area contributed by atoms with Crippen molar-refractivity contribution in [2.75, 3.05) is 19.8 Å². The van der Waals surface area contributed by atoms with Gasteiger partial charge in [0.25, 0.3) is 0 Å². The van der Waals surface area contributed by atoms with Gasteiger partial charge in [0, 0.05) is 19.3 Å².